The molecule has 0 saturated heterocycles. The number of methoxy groups -OCH3 is 2. The molecule has 0 aromatic heterocycles. The van der Waals surface area contributed by atoms with Crippen LogP contribution in [0.2, 0.25) is 0 Å². The van der Waals surface area contributed by atoms with Gasteiger partial charge < -0.3 is 14.2 Å². The van der Waals surface area contributed by atoms with E-state index in [1.54, 1.807) is 29.7 Å². The molecule has 0 spiro atoms. The van der Waals surface area contributed by atoms with Crippen molar-refractivity contribution in [3.63, 3.8) is 0 Å². The number of hydrogen-bond donors (Lipinski definition) is 0. The minimum atomic E-state index is -0.781. The first-order valence-electron chi connectivity index (χ1n) is 14.4. The maximum absolute atomic E-state index is 12.7. The van der Waals surface area contributed by atoms with E-state index in [4.69, 9.17) is 14.2 Å². The second-order valence-corrected chi connectivity index (χ2v) is 13.0. The molecule has 3 atom stereocenters. The van der Waals surface area contributed by atoms with Crippen LogP contribution in [-0.2, 0) is 9.53 Å². The third-order valence-electron chi connectivity index (χ3n) is 7.96. The summed E-state index contributed by atoms with van der Waals surface area (Å²) in [5, 5.41) is 0. The van der Waals surface area contributed by atoms with E-state index in [0.29, 0.717) is 29.4 Å². The highest BCUT2D eigenvalue weighted by Crippen LogP contribution is 2.41. The fourth-order valence-electron chi connectivity index (χ4n) is 5.37. The van der Waals surface area contributed by atoms with Crippen LogP contribution in [0.1, 0.15) is 126 Å². The highest BCUT2D eigenvalue weighted by atomic mass is 127. The van der Waals surface area contributed by atoms with E-state index in [1.165, 1.54) is 45.6 Å². The van der Waals surface area contributed by atoms with Gasteiger partial charge in [0.2, 0.25) is 3.79 Å². The number of hydrogen-bond acceptors (Lipinski definition) is 5. The zero-order chi connectivity index (χ0) is 29.0. The van der Waals surface area contributed by atoms with Gasteiger partial charge in [0.05, 0.1) is 26.2 Å². The second-order valence-electron chi connectivity index (χ2n) is 12.0. The van der Waals surface area contributed by atoms with Gasteiger partial charge in [-0.25, -0.2) is 0 Å². The summed E-state index contributed by atoms with van der Waals surface area (Å²) < 4.78 is 17.1. The molecule has 0 bridgehead atoms. The van der Waals surface area contributed by atoms with Gasteiger partial charge in [0.1, 0.15) is 17.1 Å². The van der Waals surface area contributed by atoms with Crippen LogP contribution in [0.15, 0.2) is 0 Å². The predicted octanol–water partition coefficient (Wildman–Crippen LogP) is 9.34. The van der Waals surface area contributed by atoms with E-state index in [9.17, 15) is 9.59 Å². The first-order chi connectivity index (χ1) is 17.8. The van der Waals surface area contributed by atoms with Crippen molar-refractivity contribution in [3.8, 4) is 11.5 Å². The lowest BCUT2D eigenvalue weighted by molar-refractivity contribution is -0.145. The van der Waals surface area contributed by atoms with E-state index >= 15 is 0 Å². The Hall–Kier alpha value is -1.31. The van der Waals surface area contributed by atoms with E-state index in [1.807, 2.05) is 27.7 Å². The third-order valence-corrected chi connectivity index (χ3v) is 8.50. The van der Waals surface area contributed by atoms with Crippen LogP contribution < -0.4 is 9.47 Å². The Morgan fingerprint density at radius 2 is 1.29 bits per heavy atom. The summed E-state index contributed by atoms with van der Waals surface area (Å²) in [7, 11) is 3.02. The molecule has 0 aliphatic heterocycles. The van der Waals surface area contributed by atoms with Gasteiger partial charge in [-0.2, -0.15) is 0 Å². The van der Waals surface area contributed by atoms with Crippen molar-refractivity contribution in [2.75, 3.05) is 14.2 Å². The fourth-order valence-corrected chi connectivity index (χ4v) is 6.01. The average molecular weight is 645 g/mol. The molecule has 0 aliphatic carbocycles. The molecule has 218 valence electrons. The molecule has 0 radical (unpaired) electrons. The highest BCUT2D eigenvalue weighted by molar-refractivity contribution is 14.1. The van der Waals surface area contributed by atoms with Crippen LogP contribution in [0.5, 0.6) is 11.5 Å². The van der Waals surface area contributed by atoms with Gasteiger partial charge in [-0.1, -0.05) is 72.6 Å². The van der Waals surface area contributed by atoms with Crippen LogP contribution in [0.25, 0.3) is 0 Å². The first kappa shape index (κ1) is 34.7. The van der Waals surface area contributed by atoms with Crippen molar-refractivity contribution < 1.29 is 23.8 Å². The monoisotopic (exact) mass is 644 g/mol. The molecular formula is C32H53IO5. The maximum atomic E-state index is 12.7. The zero-order valence-electron chi connectivity index (χ0n) is 25.7. The molecule has 6 heteroatoms. The number of carbonyl (C=O) groups excluding carboxylic acids is 2. The van der Waals surface area contributed by atoms with E-state index in [-0.39, 0.29) is 16.2 Å². The molecule has 1 rings (SSSR count). The zero-order valence-corrected chi connectivity index (χ0v) is 27.9. The smallest absolute Gasteiger partial charge is 0.309 e. The van der Waals surface area contributed by atoms with Crippen molar-refractivity contribution in [1.29, 1.82) is 0 Å². The molecule has 1 aromatic rings. The van der Waals surface area contributed by atoms with Crippen molar-refractivity contribution >= 4 is 32.4 Å². The Bertz CT molecular complexity index is 910. The molecular weight excluding hydrogens is 591 g/mol. The van der Waals surface area contributed by atoms with Gasteiger partial charge in [0, 0.05) is 28.2 Å². The number of ether oxygens (including phenoxy) is 3. The molecule has 0 aliphatic rings. The van der Waals surface area contributed by atoms with Crippen LogP contribution in [0, 0.1) is 38.5 Å². The molecule has 1 aromatic carbocycles. The van der Waals surface area contributed by atoms with Crippen molar-refractivity contribution in [3.05, 3.63) is 22.3 Å². The van der Waals surface area contributed by atoms with Gasteiger partial charge >= 0.3 is 5.97 Å². The van der Waals surface area contributed by atoms with Crippen LogP contribution in [0.3, 0.4) is 0 Å². The quantitative estimate of drug-likeness (QED) is 0.0906. The molecule has 0 N–H and O–H groups in total. The molecule has 38 heavy (non-hydrogen) atoms. The van der Waals surface area contributed by atoms with Crippen LogP contribution >= 0.6 is 22.6 Å². The van der Waals surface area contributed by atoms with Gasteiger partial charge in [0.25, 0.3) is 0 Å². The van der Waals surface area contributed by atoms with Gasteiger partial charge in [-0.05, 0) is 69.4 Å². The number of carbonyl (C=O) groups is 2. The summed E-state index contributed by atoms with van der Waals surface area (Å²) in [6.07, 6.45) is 10.7. The van der Waals surface area contributed by atoms with E-state index in [0.717, 1.165) is 41.4 Å². The standard InChI is InChI=1S/C32H53IO5/c1-21(2)14-11-15-22(3)16-12-17-23(4)18-13-19-32(8,20-27(34)36-9)38-30-25(6)24(5)29(37-10)26(7)28(30)31(33)35/h21-23H,11-20H2,1-10H3/t22-,23-,32-/m1/s1. The van der Waals surface area contributed by atoms with E-state index < -0.39 is 5.60 Å². The lowest BCUT2D eigenvalue weighted by Gasteiger charge is -2.33. The van der Waals surface area contributed by atoms with Gasteiger partial charge in [-0.15, -0.1) is 0 Å². The molecule has 0 fully saturated rings. The second kappa shape index (κ2) is 16.7. The van der Waals surface area contributed by atoms with Gasteiger partial charge in [0.15, 0.2) is 0 Å². The highest BCUT2D eigenvalue weighted by Gasteiger charge is 2.34. The van der Waals surface area contributed by atoms with Crippen molar-refractivity contribution in [2.45, 2.75) is 125 Å². The fraction of sp³-hybridized carbons (Fsp3) is 0.750. The molecule has 5 nitrogen and oxygen atoms in total. The van der Waals surface area contributed by atoms with Gasteiger partial charge in [-0.3, -0.25) is 9.59 Å². The summed E-state index contributed by atoms with van der Waals surface area (Å²) in [6.45, 7) is 17.1. The number of halogens is 1. The summed E-state index contributed by atoms with van der Waals surface area (Å²) >= 11 is 1.80. The largest absolute Gasteiger partial charge is 0.496 e. The molecule has 0 heterocycles. The van der Waals surface area contributed by atoms with Crippen molar-refractivity contribution in [1.82, 2.24) is 0 Å². The topological polar surface area (TPSA) is 61.8 Å². The Morgan fingerprint density at radius 3 is 1.76 bits per heavy atom. The summed E-state index contributed by atoms with van der Waals surface area (Å²) in [5.74, 6) is 3.16. The van der Waals surface area contributed by atoms with Crippen LogP contribution in [0.4, 0.5) is 0 Å². The summed E-state index contributed by atoms with van der Waals surface area (Å²) in [5.41, 5.74) is 2.29. The van der Waals surface area contributed by atoms with Crippen molar-refractivity contribution in [2.24, 2.45) is 17.8 Å². The first-order valence-corrected chi connectivity index (χ1v) is 15.5. The SMILES string of the molecule is COC(=O)C[C@@](C)(CCC[C@H](C)CCC[C@H](C)CCCC(C)C)Oc1c(C)c(C)c(OC)c(C)c1C(=O)I. The number of benzene rings is 1. The maximum Gasteiger partial charge on any atom is 0.309 e. The number of esters is 1. The average Bonchev–Trinajstić information content (AvgIpc) is 2.82. The third kappa shape index (κ3) is 11.1. The molecule has 0 unspecified atom stereocenters. The number of rotatable bonds is 18. The van der Waals surface area contributed by atoms with E-state index in [2.05, 4.69) is 27.7 Å². The normalized spacial score (nSPS) is 14.6. The molecule has 0 saturated carbocycles. The predicted molar refractivity (Wildman–Crippen MR) is 166 cm³/mol. The Kier molecular flexibility index (Phi) is 15.3. The van der Waals surface area contributed by atoms with Crippen LogP contribution in [-0.4, -0.2) is 29.6 Å². The molecule has 0 amide bonds. The Labute approximate surface area is 246 Å². The minimum Gasteiger partial charge on any atom is -0.496 e. The Morgan fingerprint density at radius 1 is 0.789 bits per heavy atom. The Balaban J connectivity index is 2.89. The summed E-state index contributed by atoms with van der Waals surface area (Å²) in [4.78, 5) is 25.1. The summed E-state index contributed by atoms with van der Waals surface area (Å²) in [6, 6.07) is 0. The lowest BCUT2D eigenvalue weighted by Crippen LogP contribution is -2.36. The lowest BCUT2D eigenvalue weighted by atomic mass is 9.89. The minimum absolute atomic E-state index is 0.107.